The number of ether oxygens (including phenoxy) is 1. The van der Waals surface area contributed by atoms with Crippen molar-refractivity contribution in [2.75, 3.05) is 11.3 Å². The van der Waals surface area contributed by atoms with Gasteiger partial charge in [0.2, 0.25) is 0 Å². The number of aryl methyl sites for hydroxylation is 1. The van der Waals surface area contributed by atoms with E-state index < -0.39 is 10.0 Å². The molecule has 7 heteroatoms. The van der Waals surface area contributed by atoms with E-state index in [9.17, 15) is 13.5 Å². The van der Waals surface area contributed by atoms with Crippen LogP contribution in [0.4, 0.5) is 5.69 Å². The Kier molecular flexibility index (Phi) is 5.51. The molecule has 2 aromatic carbocycles. The zero-order chi connectivity index (χ0) is 17.0. The van der Waals surface area contributed by atoms with E-state index in [0.29, 0.717) is 34.2 Å². The number of rotatable bonds is 6. The largest absolute Gasteiger partial charge is 0.494 e. The molecule has 0 aliphatic rings. The van der Waals surface area contributed by atoms with Gasteiger partial charge in [-0.2, -0.15) is 0 Å². The molecule has 0 aliphatic heterocycles. The summed E-state index contributed by atoms with van der Waals surface area (Å²) in [5.41, 5.74) is 1.42. The van der Waals surface area contributed by atoms with E-state index in [1.807, 2.05) is 6.92 Å². The van der Waals surface area contributed by atoms with Gasteiger partial charge in [-0.15, -0.1) is 0 Å². The molecule has 0 atom stereocenters. The summed E-state index contributed by atoms with van der Waals surface area (Å²) in [6, 6.07) is 9.35. The van der Waals surface area contributed by atoms with Crippen molar-refractivity contribution >= 4 is 27.3 Å². The van der Waals surface area contributed by atoms with Crippen molar-refractivity contribution in [3.63, 3.8) is 0 Å². The average molecular weight is 356 g/mol. The summed E-state index contributed by atoms with van der Waals surface area (Å²) in [5.74, 6) is 0.528. The molecule has 0 saturated carbocycles. The maximum absolute atomic E-state index is 12.5. The first-order chi connectivity index (χ1) is 10.9. The second kappa shape index (κ2) is 7.21. The van der Waals surface area contributed by atoms with Crippen LogP contribution in [0.3, 0.4) is 0 Å². The van der Waals surface area contributed by atoms with Gasteiger partial charge in [0.05, 0.1) is 18.1 Å². The van der Waals surface area contributed by atoms with Crippen LogP contribution in [0.1, 0.15) is 18.1 Å². The predicted molar refractivity (Wildman–Crippen MR) is 90.5 cm³/mol. The number of hydrogen-bond acceptors (Lipinski definition) is 4. The van der Waals surface area contributed by atoms with Gasteiger partial charge in [-0.3, -0.25) is 4.72 Å². The van der Waals surface area contributed by atoms with E-state index in [4.69, 9.17) is 16.3 Å². The molecule has 2 rings (SSSR count). The number of benzene rings is 2. The van der Waals surface area contributed by atoms with Crippen LogP contribution in [-0.4, -0.2) is 20.1 Å². The first kappa shape index (κ1) is 17.6. The molecular weight excluding hydrogens is 338 g/mol. The van der Waals surface area contributed by atoms with Crippen molar-refractivity contribution in [1.29, 1.82) is 0 Å². The van der Waals surface area contributed by atoms with Gasteiger partial charge in [-0.05, 0) is 55.8 Å². The van der Waals surface area contributed by atoms with Gasteiger partial charge < -0.3 is 9.84 Å². The monoisotopic (exact) mass is 355 g/mol. The van der Waals surface area contributed by atoms with Crippen molar-refractivity contribution in [2.45, 2.75) is 25.3 Å². The molecule has 2 aromatic rings. The number of aliphatic hydroxyl groups is 1. The van der Waals surface area contributed by atoms with E-state index in [2.05, 4.69) is 4.72 Å². The standard InChI is InChI=1S/C16H18ClNO4S/c1-3-22-15-6-5-14(9-12(15)10-19)18-23(20,21)16-7-4-13(17)8-11(16)2/h4-9,18-19H,3,10H2,1-2H3. The molecule has 0 fully saturated rings. The fourth-order valence-electron chi connectivity index (χ4n) is 2.19. The van der Waals surface area contributed by atoms with Gasteiger partial charge in [0.1, 0.15) is 5.75 Å². The minimum atomic E-state index is -3.74. The van der Waals surface area contributed by atoms with Crippen molar-refractivity contribution in [1.82, 2.24) is 0 Å². The molecule has 0 spiro atoms. The number of aliphatic hydroxyl groups excluding tert-OH is 1. The molecule has 0 bridgehead atoms. The number of nitrogens with one attached hydrogen (secondary N) is 1. The van der Waals surface area contributed by atoms with E-state index in [0.717, 1.165) is 0 Å². The van der Waals surface area contributed by atoms with Crippen LogP contribution in [0, 0.1) is 6.92 Å². The molecule has 0 saturated heterocycles. The maximum atomic E-state index is 12.5. The van der Waals surface area contributed by atoms with E-state index in [1.54, 1.807) is 31.2 Å². The lowest BCUT2D eigenvalue weighted by molar-refractivity contribution is 0.267. The lowest BCUT2D eigenvalue weighted by Gasteiger charge is -2.13. The molecule has 0 aromatic heterocycles. The lowest BCUT2D eigenvalue weighted by atomic mass is 10.2. The SMILES string of the molecule is CCOc1ccc(NS(=O)(=O)c2ccc(Cl)cc2C)cc1CO. The summed E-state index contributed by atoms with van der Waals surface area (Å²) in [6.45, 7) is 3.73. The molecule has 5 nitrogen and oxygen atoms in total. The Balaban J connectivity index is 2.33. The Bertz CT molecular complexity index is 806. The normalized spacial score (nSPS) is 11.3. The predicted octanol–water partition coefficient (Wildman–Crippen LogP) is 3.34. The Morgan fingerprint density at radius 1 is 1.22 bits per heavy atom. The number of hydrogen-bond donors (Lipinski definition) is 2. The molecule has 0 heterocycles. The van der Waals surface area contributed by atoms with Crippen molar-refractivity contribution in [3.05, 3.63) is 52.5 Å². The van der Waals surface area contributed by atoms with E-state index >= 15 is 0 Å². The molecule has 124 valence electrons. The van der Waals surface area contributed by atoms with Crippen LogP contribution < -0.4 is 9.46 Å². The Morgan fingerprint density at radius 2 is 1.96 bits per heavy atom. The summed E-state index contributed by atoms with van der Waals surface area (Å²) >= 11 is 5.86. The van der Waals surface area contributed by atoms with Crippen LogP contribution in [0.15, 0.2) is 41.3 Å². The fourth-order valence-corrected chi connectivity index (χ4v) is 3.69. The van der Waals surface area contributed by atoms with E-state index in [1.165, 1.54) is 12.1 Å². The topological polar surface area (TPSA) is 75.6 Å². The minimum Gasteiger partial charge on any atom is -0.494 e. The zero-order valence-corrected chi connectivity index (χ0v) is 14.4. The highest BCUT2D eigenvalue weighted by Gasteiger charge is 2.17. The van der Waals surface area contributed by atoms with Gasteiger partial charge in [0.15, 0.2) is 0 Å². The first-order valence-corrected chi connectivity index (χ1v) is 8.89. The second-order valence-corrected chi connectivity index (χ2v) is 7.02. The van der Waals surface area contributed by atoms with E-state index in [-0.39, 0.29) is 11.5 Å². The first-order valence-electron chi connectivity index (χ1n) is 7.03. The van der Waals surface area contributed by atoms with Gasteiger partial charge in [-0.25, -0.2) is 8.42 Å². The smallest absolute Gasteiger partial charge is 0.262 e. The average Bonchev–Trinajstić information content (AvgIpc) is 2.48. The molecule has 0 unspecified atom stereocenters. The summed E-state index contributed by atoms with van der Waals surface area (Å²) in [7, 11) is -3.74. The van der Waals surface area contributed by atoms with Crippen molar-refractivity contribution < 1.29 is 18.3 Å². The summed E-state index contributed by atoms with van der Waals surface area (Å²) in [6.07, 6.45) is 0. The fraction of sp³-hybridized carbons (Fsp3) is 0.250. The Hall–Kier alpha value is -1.76. The second-order valence-electron chi connectivity index (χ2n) is 4.93. The lowest BCUT2D eigenvalue weighted by Crippen LogP contribution is -2.14. The Morgan fingerprint density at radius 3 is 2.57 bits per heavy atom. The quantitative estimate of drug-likeness (QED) is 0.833. The number of anilines is 1. The van der Waals surface area contributed by atoms with Crippen LogP contribution in [0.5, 0.6) is 5.75 Å². The molecular formula is C16H18ClNO4S. The zero-order valence-electron chi connectivity index (χ0n) is 12.8. The third-order valence-corrected chi connectivity index (χ3v) is 4.99. The van der Waals surface area contributed by atoms with Crippen LogP contribution >= 0.6 is 11.6 Å². The van der Waals surface area contributed by atoms with Crippen molar-refractivity contribution in [2.24, 2.45) is 0 Å². The van der Waals surface area contributed by atoms with Crippen LogP contribution in [0.25, 0.3) is 0 Å². The van der Waals surface area contributed by atoms with Crippen LogP contribution in [-0.2, 0) is 16.6 Å². The molecule has 0 radical (unpaired) electrons. The summed E-state index contributed by atoms with van der Waals surface area (Å²) in [4.78, 5) is 0.154. The van der Waals surface area contributed by atoms with Crippen LogP contribution in [0.2, 0.25) is 5.02 Å². The highest BCUT2D eigenvalue weighted by atomic mass is 35.5. The third-order valence-electron chi connectivity index (χ3n) is 3.21. The van der Waals surface area contributed by atoms with Gasteiger partial charge in [-0.1, -0.05) is 11.6 Å². The Labute approximate surface area is 140 Å². The molecule has 23 heavy (non-hydrogen) atoms. The number of halogens is 1. The highest BCUT2D eigenvalue weighted by molar-refractivity contribution is 7.92. The summed E-state index contributed by atoms with van der Waals surface area (Å²) in [5, 5.41) is 9.86. The third kappa shape index (κ3) is 4.16. The van der Waals surface area contributed by atoms with Gasteiger partial charge in [0.25, 0.3) is 10.0 Å². The molecule has 0 amide bonds. The summed E-state index contributed by atoms with van der Waals surface area (Å²) < 4.78 is 32.9. The molecule has 2 N–H and O–H groups in total. The number of sulfonamides is 1. The highest BCUT2D eigenvalue weighted by Crippen LogP contribution is 2.26. The van der Waals surface area contributed by atoms with Gasteiger partial charge in [0, 0.05) is 16.3 Å². The minimum absolute atomic E-state index is 0.154. The van der Waals surface area contributed by atoms with Gasteiger partial charge >= 0.3 is 0 Å². The maximum Gasteiger partial charge on any atom is 0.262 e. The van der Waals surface area contributed by atoms with Crippen molar-refractivity contribution in [3.8, 4) is 5.75 Å². The molecule has 0 aliphatic carbocycles.